The van der Waals surface area contributed by atoms with Crippen LogP contribution in [0.25, 0.3) is 6.08 Å². The summed E-state index contributed by atoms with van der Waals surface area (Å²) in [4.78, 5) is 5.62. The molecular weight excluding hydrogens is 300 g/mol. The highest BCUT2D eigenvalue weighted by molar-refractivity contribution is 5.79. The Balaban J connectivity index is 1.51. The molecule has 1 N–H and O–H groups in total. The van der Waals surface area contributed by atoms with Gasteiger partial charge in [-0.25, -0.2) is 4.98 Å². The summed E-state index contributed by atoms with van der Waals surface area (Å²) in [5.41, 5.74) is 1.05. The molecule has 2 heterocycles. The molecule has 5 heteroatoms. The van der Waals surface area contributed by atoms with Gasteiger partial charge in [-0.2, -0.15) is 5.10 Å². The summed E-state index contributed by atoms with van der Waals surface area (Å²) in [6, 6.07) is 14.1. The summed E-state index contributed by atoms with van der Waals surface area (Å²) in [7, 11) is 1.68. The van der Waals surface area contributed by atoms with Crippen LogP contribution in [0.15, 0.2) is 59.8 Å². The number of piperazine rings is 1. The first kappa shape index (κ1) is 16.1. The lowest BCUT2D eigenvalue weighted by atomic mass is 10.2. The van der Waals surface area contributed by atoms with Crippen molar-refractivity contribution in [3.8, 4) is 5.75 Å². The molecule has 2 aromatic rings. The number of hydrazone groups is 1. The van der Waals surface area contributed by atoms with Crippen LogP contribution in [0.2, 0.25) is 0 Å². The normalized spacial score (nSPS) is 15.4. The van der Waals surface area contributed by atoms with Crippen LogP contribution in [-0.4, -0.2) is 44.5 Å². The molecule has 1 saturated heterocycles. The topological polar surface area (TPSA) is 42.2 Å². The Bertz CT molecular complexity index is 692. The van der Waals surface area contributed by atoms with Gasteiger partial charge in [0.05, 0.1) is 26.4 Å². The quantitative estimate of drug-likeness (QED) is 0.793. The predicted octanol–water partition coefficient (Wildman–Crippen LogP) is 2.33. The molecule has 24 heavy (non-hydrogen) atoms. The molecule has 124 valence electrons. The van der Waals surface area contributed by atoms with Crippen LogP contribution >= 0.6 is 0 Å². The summed E-state index contributed by atoms with van der Waals surface area (Å²) < 4.78 is 5.33. The Morgan fingerprint density at radius 2 is 1.83 bits per heavy atom. The van der Waals surface area contributed by atoms with Crippen molar-refractivity contribution in [3.63, 3.8) is 0 Å². The van der Waals surface area contributed by atoms with Crippen molar-refractivity contribution in [1.29, 1.82) is 0 Å². The maximum atomic E-state index is 5.33. The van der Waals surface area contributed by atoms with Crippen molar-refractivity contribution in [2.45, 2.75) is 0 Å². The van der Waals surface area contributed by atoms with Crippen molar-refractivity contribution in [1.82, 2.24) is 5.01 Å². The smallest absolute Gasteiger partial charge is 0.274 e. The molecule has 1 fully saturated rings. The molecule has 1 aromatic heterocycles. The predicted molar refractivity (Wildman–Crippen MR) is 97.3 cm³/mol. The van der Waals surface area contributed by atoms with Gasteiger partial charge in [-0.15, -0.1) is 0 Å². The highest BCUT2D eigenvalue weighted by atomic mass is 16.5. The van der Waals surface area contributed by atoms with Crippen molar-refractivity contribution in [2.75, 3.05) is 38.2 Å². The van der Waals surface area contributed by atoms with Crippen LogP contribution in [0.5, 0.6) is 5.75 Å². The average molecular weight is 323 g/mol. The zero-order valence-corrected chi connectivity index (χ0v) is 13.9. The van der Waals surface area contributed by atoms with Gasteiger partial charge in [0.15, 0.2) is 0 Å². The standard InChI is InChI=1S/C19H22N4O/c1-24-18-9-3-2-7-17(18)8-6-12-21-23-15-13-22(14-16-23)19-10-4-5-11-20-19/h2-12H,13-16H2,1H3/p+1/b8-6+,21-12-. The van der Waals surface area contributed by atoms with Gasteiger partial charge in [0, 0.05) is 17.8 Å². The Morgan fingerprint density at radius 1 is 1.04 bits per heavy atom. The van der Waals surface area contributed by atoms with Gasteiger partial charge in [0.2, 0.25) is 0 Å². The van der Waals surface area contributed by atoms with Gasteiger partial charge in [-0.3, -0.25) is 9.91 Å². The lowest BCUT2D eigenvalue weighted by Crippen LogP contribution is -2.45. The minimum atomic E-state index is 0.870. The molecule has 0 unspecified atom stereocenters. The first-order chi connectivity index (χ1) is 11.9. The first-order valence-corrected chi connectivity index (χ1v) is 8.17. The summed E-state index contributed by atoms with van der Waals surface area (Å²) in [6.45, 7) is 3.77. The number of H-pyrrole nitrogens is 1. The number of aromatic nitrogens is 1. The van der Waals surface area contributed by atoms with E-state index in [1.54, 1.807) is 7.11 Å². The number of aromatic amines is 1. The van der Waals surface area contributed by atoms with Crippen molar-refractivity contribution in [2.24, 2.45) is 5.10 Å². The lowest BCUT2D eigenvalue weighted by Gasteiger charge is -2.28. The largest absolute Gasteiger partial charge is 0.496 e. The first-order valence-electron chi connectivity index (χ1n) is 8.17. The fourth-order valence-electron chi connectivity index (χ4n) is 2.72. The van der Waals surface area contributed by atoms with Crippen LogP contribution < -0.4 is 14.6 Å². The number of hydrogen-bond donors (Lipinski definition) is 0. The highest BCUT2D eigenvalue weighted by Crippen LogP contribution is 2.18. The molecule has 0 bridgehead atoms. The molecule has 1 aliphatic rings. The van der Waals surface area contributed by atoms with Crippen LogP contribution in [0.1, 0.15) is 5.56 Å². The second-order valence-corrected chi connectivity index (χ2v) is 5.55. The molecule has 3 rings (SSSR count). The molecular formula is C19H23N4O+. The minimum Gasteiger partial charge on any atom is -0.496 e. The van der Waals surface area contributed by atoms with Gasteiger partial charge < -0.3 is 4.74 Å². The van der Waals surface area contributed by atoms with E-state index in [0.29, 0.717) is 0 Å². The van der Waals surface area contributed by atoms with E-state index in [0.717, 1.165) is 43.3 Å². The number of anilines is 1. The van der Waals surface area contributed by atoms with Gasteiger partial charge in [-0.05, 0) is 24.3 Å². The van der Waals surface area contributed by atoms with Gasteiger partial charge in [0.25, 0.3) is 5.82 Å². The van der Waals surface area contributed by atoms with Crippen LogP contribution in [-0.2, 0) is 0 Å². The van der Waals surface area contributed by atoms with Gasteiger partial charge in [0.1, 0.15) is 18.8 Å². The summed E-state index contributed by atoms with van der Waals surface area (Å²) in [6.07, 6.45) is 7.77. The lowest BCUT2D eigenvalue weighted by molar-refractivity contribution is -0.364. The van der Waals surface area contributed by atoms with Crippen LogP contribution in [0.3, 0.4) is 0 Å². The van der Waals surface area contributed by atoms with Crippen LogP contribution in [0, 0.1) is 0 Å². The second kappa shape index (κ2) is 8.15. The van der Waals surface area contributed by atoms with E-state index >= 15 is 0 Å². The van der Waals surface area contributed by atoms with E-state index in [4.69, 9.17) is 4.74 Å². The third-order valence-corrected chi connectivity index (χ3v) is 4.02. The molecule has 0 saturated carbocycles. The Labute approximate surface area is 142 Å². The number of para-hydroxylation sites is 1. The Morgan fingerprint density at radius 3 is 2.58 bits per heavy atom. The SMILES string of the molecule is COc1ccccc1/C=C/C=N\N1CCN(c2cccc[nH+]2)CC1. The number of nitrogens with zero attached hydrogens (tertiary/aromatic N) is 3. The third kappa shape index (κ3) is 4.13. The fraction of sp³-hybridized carbons (Fsp3) is 0.263. The number of ether oxygens (including phenoxy) is 1. The molecule has 0 amide bonds. The summed E-state index contributed by atoms with van der Waals surface area (Å²) in [5.74, 6) is 2.03. The maximum Gasteiger partial charge on any atom is 0.274 e. The van der Waals surface area contributed by atoms with Crippen molar-refractivity contribution in [3.05, 3.63) is 60.3 Å². The molecule has 0 radical (unpaired) electrons. The van der Waals surface area contributed by atoms with E-state index < -0.39 is 0 Å². The number of hydrogen-bond acceptors (Lipinski definition) is 4. The second-order valence-electron chi connectivity index (χ2n) is 5.55. The fourth-order valence-corrected chi connectivity index (χ4v) is 2.72. The van der Waals surface area contributed by atoms with E-state index in [-0.39, 0.29) is 0 Å². The number of nitrogens with one attached hydrogen (secondary N) is 1. The van der Waals surface area contributed by atoms with Crippen molar-refractivity contribution >= 4 is 18.1 Å². The number of benzene rings is 1. The van der Waals surface area contributed by atoms with E-state index in [1.165, 1.54) is 0 Å². The number of rotatable bonds is 5. The third-order valence-electron chi connectivity index (χ3n) is 4.02. The highest BCUT2D eigenvalue weighted by Gasteiger charge is 2.21. The van der Waals surface area contributed by atoms with E-state index in [9.17, 15) is 0 Å². The molecule has 0 spiro atoms. The molecule has 1 aliphatic heterocycles. The molecule has 0 atom stereocenters. The number of methoxy groups -OCH3 is 1. The average Bonchev–Trinajstić information content (AvgIpc) is 2.67. The zero-order chi connectivity index (χ0) is 16.6. The van der Waals surface area contributed by atoms with E-state index in [1.807, 2.05) is 54.9 Å². The zero-order valence-electron chi connectivity index (χ0n) is 13.9. The Kier molecular flexibility index (Phi) is 5.45. The minimum absolute atomic E-state index is 0.870. The van der Waals surface area contributed by atoms with E-state index in [2.05, 4.69) is 32.1 Å². The summed E-state index contributed by atoms with van der Waals surface area (Å²) >= 11 is 0. The molecule has 1 aromatic carbocycles. The Hall–Kier alpha value is -2.82. The molecule has 0 aliphatic carbocycles. The van der Waals surface area contributed by atoms with Crippen LogP contribution in [0.4, 0.5) is 5.82 Å². The molecule has 5 nitrogen and oxygen atoms in total. The monoisotopic (exact) mass is 323 g/mol. The van der Waals surface area contributed by atoms with Crippen molar-refractivity contribution < 1.29 is 9.72 Å². The number of pyridine rings is 1. The van der Waals surface area contributed by atoms with Gasteiger partial charge in [-0.1, -0.05) is 24.3 Å². The summed E-state index contributed by atoms with van der Waals surface area (Å²) in [5, 5.41) is 6.63. The van der Waals surface area contributed by atoms with Gasteiger partial charge >= 0.3 is 0 Å². The maximum absolute atomic E-state index is 5.33. The number of allylic oxidation sites excluding steroid dienone is 1.